The van der Waals surface area contributed by atoms with Crippen LogP contribution in [0, 0.1) is 0 Å². The first-order chi connectivity index (χ1) is 8.06. The summed E-state index contributed by atoms with van der Waals surface area (Å²) in [6.45, 7) is 0. The number of carboxylic acids is 1. The van der Waals surface area contributed by atoms with Gasteiger partial charge in [-0.15, -0.1) is 11.3 Å². The van der Waals surface area contributed by atoms with E-state index in [0.717, 1.165) is 13.8 Å². The van der Waals surface area contributed by atoms with Gasteiger partial charge in [0.05, 0.1) is 10.6 Å². The summed E-state index contributed by atoms with van der Waals surface area (Å²) >= 11 is 11.9. The van der Waals surface area contributed by atoms with Gasteiger partial charge in [0.2, 0.25) is 0 Å². The van der Waals surface area contributed by atoms with Gasteiger partial charge in [-0.05, 0) is 34.1 Å². The Kier molecular flexibility index (Phi) is 4.09. The van der Waals surface area contributed by atoms with Gasteiger partial charge < -0.3 is 5.11 Å². The third-order valence-electron chi connectivity index (χ3n) is 1.83. The van der Waals surface area contributed by atoms with Crippen molar-refractivity contribution in [2.24, 2.45) is 0 Å². The zero-order valence-corrected chi connectivity index (χ0v) is 12.2. The SMILES string of the molecule is O=C(O)c1cc(Sc2nc(Br)cs2)ccc1Cl. The number of benzene rings is 1. The van der Waals surface area contributed by atoms with Crippen molar-refractivity contribution in [2.45, 2.75) is 9.24 Å². The molecule has 0 aliphatic carbocycles. The fourth-order valence-corrected chi connectivity index (χ4v) is 3.69. The molecular weight excluding hydrogens is 346 g/mol. The topological polar surface area (TPSA) is 50.2 Å². The van der Waals surface area contributed by atoms with Crippen LogP contribution in [0.1, 0.15) is 10.4 Å². The van der Waals surface area contributed by atoms with Gasteiger partial charge in [-0.25, -0.2) is 9.78 Å². The van der Waals surface area contributed by atoms with Gasteiger partial charge >= 0.3 is 5.97 Å². The lowest BCUT2D eigenvalue weighted by Crippen LogP contribution is -1.97. The Bertz CT molecular complexity index is 573. The van der Waals surface area contributed by atoms with Gasteiger partial charge in [-0.1, -0.05) is 23.4 Å². The van der Waals surface area contributed by atoms with Crippen LogP contribution in [-0.4, -0.2) is 16.1 Å². The predicted octanol–water partition coefficient (Wildman–Crippen LogP) is 4.41. The third-order valence-corrected chi connectivity index (χ3v) is 4.80. The summed E-state index contributed by atoms with van der Waals surface area (Å²) in [5, 5.41) is 11.1. The van der Waals surface area contributed by atoms with E-state index in [1.54, 1.807) is 18.2 Å². The molecule has 1 aromatic heterocycles. The van der Waals surface area contributed by atoms with Crippen LogP contribution in [0.5, 0.6) is 0 Å². The molecule has 2 rings (SSSR count). The Morgan fingerprint density at radius 3 is 2.88 bits per heavy atom. The highest BCUT2D eigenvalue weighted by Crippen LogP contribution is 2.33. The number of aromatic nitrogens is 1. The number of thiazole rings is 1. The van der Waals surface area contributed by atoms with Gasteiger partial charge in [0.15, 0.2) is 4.34 Å². The Morgan fingerprint density at radius 2 is 2.29 bits per heavy atom. The highest BCUT2D eigenvalue weighted by atomic mass is 79.9. The van der Waals surface area contributed by atoms with Crippen molar-refractivity contribution < 1.29 is 9.90 Å². The minimum Gasteiger partial charge on any atom is -0.478 e. The molecule has 3 nitrogen and oxygen atoms in total. The molecule has 0 saturated carbocycles. The molecule has 0 radical (unpaired) electrons. The average molecular weight is 351 g/mol. The van der Waals surface area contributed by atoms with Crippen molar-refractivity contribution in [3.05, 3.63) is 38.8 Å². The Labute approximate surface area is 119 Å². The van der Waals surface area contributed by atoms with Gasteiger partial charge in [-0.2, -0.15) is 0 Å². The van der Waals surface area contributed by atoms with E-state index >= 15 is 0 Å². The first-order valence-electron chi connectivity index (χ1n) is 4.38. The second-order valence-corrected chi connectivity index (χ2v) is 6.38. The van der Waals surface area contributed by atoms with Crippen LogP contribution in [-0.2, 0) is 0 Å². The minimum absolute atomic E-state index is 0.104. The maximum atomic E-state index is 10.9. The van der Waals surface area contributed by atoms with Crippen LogP contribution < -0.4 is 0 Å². The molecule has 1 N–H and O–H groups in total. The largest absolute Gasteiger partial charge is 0.478 e. The third kappa shape index (κ3) is 3.22. The summed E-state index contributed by atoms with van der Waals surface area (Å²) in [5.41, 5.74) is 0.104. The number of hydrogen-bond acceptors (Lipinski definition) is 4. The quantitative estimate of drug-likeness (QED) is 0.891. The number of aromatic carboxylic acids is 1. The molecule has 2 aromatic rings. The molecule has 88 valence electrons. The molecule has 7 heteroatoms. The van der Waals surface area contributed by atoms with E-state index in [2.05, 4.69) is 20.9 Å². The molecule has 0 fully saturated rings. The summed E-state index contributed by atoms with van der Waals surface area (Å²) < 4.78 is 1.62. The van der Waals surface area contributed by atoms with Crippen molar-refractivity contribution in [3.8, 4) is 0 Å². The monoisotopic (exact) mass is 349 g/mol. The van der Waals surface area contributed by atoms with Crippen molar-refractivity contribution in [1.29, 1.82) is 0 Å². The van der Waals surface area contributed by atoms with Crippen LogP contribution in [0.4, 0.5) is 0 Å². The molecule has 17 heavy (non-hydrogen) atoms. The summed E-state index contributed by atoms with van der Waals surface area (Å²) in [6.07, 6.45) is 0. The second kappa shape index (κ2) is 5.39. The second-order valence-electron chi connectivity index (χ2n) is 2.99. The van der Waals surface area contributed by atoms with E-state index in [-0.39, 0.29) is 10.6 Å². The maximum absolute atomic E-state index is 10.9. The van der Waals surface area contributed by atoms with Crippen LogP contribution in [0.25, 0.3) is 0 Å². The standard InChI is InChI=1S/C10H5BrClNO2S2/c11-8-4-16-10(13-8)17-5-1-2-7(12)6(3-5)9(14)15/h1-4H,(H,14,15). The molecule has 0 unspecified atom stereocenters. The van der Waals surface area contributed by atoms with Crippen LogP contribution in [0.2, 0.25) is 5.02 Å². The predicted molar refractivity (Wildman–Crippen MR) is 72.3 cm³/mol. The van der Waals surface area contributed by atoms with E-state index in [1.807, 2.05) is 5.38 Å². The van der Waals surface area contributed by atoms with Gasteiger partial charge in [0, 0.05) is 10.3 Å². The molecule has 0 amide bonds. The van der Waals surface area contributed by atoms with Crippen LogP contribution in [0.15, 0.2) is 37.4 Å². The number of rotatable bonds is 3. The average Bonchev–Trinajstić information content (AvgIpc) is 2.66. The highest BCUT2D eigenvalue weighted by molar-refractivity contribution is 9.10. The molecule has 0 spiro atoms. The molecule has 0 aliphatic rings. The lowest BCUT2D eigenvalue weighted by atomic mass is 10.2. The molecule has 0 aliphatic heterocycles. The van der Waals surface area contributed by atoms with Crippen molar-refractivity contribution in [1.82, 2.24) is 4.98 Å². The van der Waals surface area contributed by atoms with E-state index < -0.39 is 5.97 Å². The molecule has 0 bridgehead atoms. The first kappa shape index (κ1) is 12.9. The van der Waals surface area contributed by atoms with Gasteiger partial charge in [0.1, 0.15) is 4.60 Å². The first-order valence-corrected chi connectivity index (χ1v) is 7.24. The van der Waals surface area contributed by atoms with Crippen LogP contribution >= 0.6 is 50.6 Å². The summed E-state index contributed by atoms with van der Waals surface area (Å²) in [7, 11) is 0. The number of halogens is 2. The Morgan fingerprint density at radius 1 is 1.53 bits per heavy atom. The number of hydrogen-bond donors (Lipinski definition) is 1. The molecule has 1 aromatic carbocycles. The Hall–Kier alpha value is -0.560. The summed E-state index contributed by atoms with van der Waals surface area (Å²) in [4.78, 5) is 15.9. The summed E-state index contributed by atoms with van der Waals surface area (Å²) in [5.74, 6) is -1.03. The van der Waals surface area contributed by atoms with Crippen molar-refractivity contribution >= 4 is 56.6 Å². The van der Waals surface area contributed by atoms with E-state index in [0.29, 0.717) is 0 Å². The zero-order chi connectivity index (χ0) is 12.4. The number of nitrogens with zero attached hydrogens (tertiary/aromatic N) is 1. The molecule has 0 atom stereocenters. The van der Waals surface area contributed by atoms with Crippen molar-refractivity contribution in [2.75, 3.05) is 0 Å². The zero-order valence-electron chi connectivity index (χ0n) is 8.18. The summed E-state index contributed by atoms with van der Waals surface area (Å²) in [6, 6.07) is 4.90. The van der Waals surface area contributed by atoms with Gasteiger partial charge in [0.25, 0.3) is 0 Å². The lowest BCUT2D eigenvalue weighted by molar-refractivity contribution is 0.0697. The highest BCUT2D eigenvalue weighted by Gasteiger charge is 2.11. The maximum Gasteiger partial charge on any atom is 0.337 e. The molecule has 1 heterocycles. The van der Waals surface area contributed by atoms with Gasteiger partial charge in [-0.3, -0.25) is 0 Å². The molecule has 0 saturated heterocycles. The Balaban J connectivity index is 2.28. The lowest BCUT2D eigenvalue weighted by Gasteiger charge is -2.02. The fraction of sp³-hybridized carbons (Fsp3) is 0. The number of carbonyl (C=O) groups is 1. The minimum atomic E-state index is -1.03. The van der Waals surface area contributed by atoms with E-state index in [4.69, 9.17) is 16.7 Å². The normalized spacial score (nSPS) is 10.5. The molecular formula is C10H5BrClNO2S2. The van der Waals surface area contributed by atoms with E-state index in [1.165, 1.54) is 23.1 Å². The fourth-order valence-electron chi connectivity index (χ4n) is 1.12. The van der Waals surface area contributed by atoms with Crippen LogP contribution in [0.3, 0.4) is 0 Å². The smallest absolute Gasteiger partial charge is 0.337 e. The van der Waals surface area contributed by atoms with Crippen molar-refractivity contribution in [3.63, 3.8) is 0 Å². The van der Waals surface area contributed by atoms with E-state index in [9.17, 15) is 4.79 Å². The number of carboxylic acid groups (broad SMARTS) is 1.